The van der Waals surface area contributed by atoms with E-state index in [0.717, 1.165) is 11.0 Å². The molecule has 1 unspecified atom stereocenters. The Bertz CT molecular complexity index is 595. The molecule has 0 amide bonds. The molecule has 2 aromatic rings. The SMILES string of the molecule is CCOCC(C)n1c(N)nc2cc(OC)c(OC)cc21. The molecule has 2 rings (SSSR count). The number of nitrogens with zero attached hydrogens (tertiary/aromatic N) is 2. The molecule has 0 spiro atoms. The highest BCUT2D eigenvalue weighted by Gasteiger charge is 2.17. The number of aromatic nitrogens is 2. The molecule has 0 saturated carbocycles. The Morgan fingerprint density at radius 2 is 1.90 bits per heavy atom. The fraction of sp³-hybridized carbons (Fsp3) is 0.500. The molecule has 110 valence electrons. The molecule has 0 fully saturated rings. The number of anilines is 1. The Balaban J connectivity index is 2.51. The van der Waals surface area contributed by atoms with Crippen molar-refractivity contribution in [1.29, 1.82) is 0 Å². The van der Waals surface area contributed by atoms with Gasteiger partial charge < -0.3 is 24.5 Å². The molecule has 6 nitrogen and oxygen atoms in total. The number of nitrogen functional groups attached to an aromatic ring is 1. The molecule has 1 aromatic heterocycles. The van der Waals surface area contributed by atoms with Crippen LogP contribution in [0.25, 0.3) is 11.0 Å². The van der Waals surface area contributed by atoms with Crippen LogP contribution in [-0.2, 0) is 4.74 Å². The predicted octanol–water partition coefficient (Wildman–Crippen LogP) is 2.23. The summed E-state index contributed by atoms with van der Waals surface area (Å²) >= 11 is 0. The summed E-state index contributed by atoms with van der Waals surface area (Å²) in [5, 5.41) is 0. The Kier molecular flexibility index (Phi) is 4.34. The maximum atomic E-state index is 6.02. The molecule has 1 atom stereocenters. The van der Waals surface area contributed by atoms with E-state index in [1.54, 1.807) is 14.2 Å². The van der Waals surface area contributed by atoms with Gasteiger partial charge in [-0.1, -0.05) is 0 Å². The molecule has 1 aromatic carbocycles. The highest BCUT2D eigenvalue weighted by Crippen LogP contribution is 2.34. The van der Waals surface area contributed by atoms with Crippen LogP contribution in [-0.4, -0.2) is 37.0 Å². The van der Waals surface area contributed by atoms with Crippen molar-refractivity contribution >= 4 is 17.0 Å². The minimum atomic E-state index is 0.0954. The number of hydrogen-bond donors (Lipinski definition) is 1. The number of methoxy groups -OCH3 is 2. The highest BCUT2D eigenvalue weighted by atomic mass is 16.5. The van der Waals surface area contributed by atoms with E-state index in [-0.39, 0.29) is 6.04 Å². The summed E-state index contributed by atoms with van der Waals surface area (Å²) in [7, 11) is 3.21. The number of hydrogen-bond acceptors (Lipinski definition) is 5. The topological polar surface area (TPSA) is 71.5 Å². The van der Waals surface area contributed by atoms with Crippen molar-refractivity contribution in [3.63, 3.8) is 0 Å². The van der Waals surface area contributed by atoms with Crippen LogP contribution in [0, 0.1) is 0 Å². The summed E-state index contributed by atoms with van der Waals surface area (Å²) in [6, 6.07) is 3.81. The van der Waals surface area contributed by atoms with Crippen molar-refractivity contribution in [2.24, 2.45) is 0 Å². The minimum Gasteiger partial charge on any atom is -0.493 e. The normalized spacial score (nSPS) is 12.6. The molecule has 6 heteroatoms. The first-order valence-electron chi connectivity index (χ1n) is 6.59. The molecule has 20 heavy (non-hydrogen) atoms. The van der Waals surface area contributed by atoms with Crippen LogP contribution in [0.5, 0.6) is 11.5 Å². The lowest BCUT2D eigenvalue weighted by molar-refractivity contribution is 0.120. The quantitative estimate of drug-likeness (QED) is 0.878. The zero-order chi connectivity index (χ0) is 14.7. The lowest BCUT2D eigenvalue weighted by atomic mass is 10.2. The molecular weight excluding hydrogens is 258 g/mol. The average molecular weight is 279 g/mol. The van der Waals surface area contributed by atoms with Gasteiger partial charge in [-0.05, 0) is 13.8 Å². The van der Waals surface area contributed by atoms with Gasteiger partial charge in [0.2, 0.25) is 5.95 Å². The summed E-state index contributed by atoms with van der Waals surface area (Å²) in [6.07, 6.45) is 0. The van der Waals surface area contributed by atoms with E-state index in [9.17, 15) is 0 Å². The largest absolute Gasteiger partial charge is 0.493 e. The van der Waals surface area contributed by atoms with Crippen molar-refractivity contribution in [3.05, 3.63) is 12.1 Å². The third-order valence-electron chi connectivity index (χ3n) is 3.23. The van der Waals surface area contributed by atoms with Gasteiger partial charge in [0, 0.05) is 18.7 Å². The summed E-state index contributed by atoms with van der Waals surface area (Å²) in [5.41, 5.74) is 7.71. The van der Waals surface area contributed by atoms with Gasteiger partial charge in [0.25, 0.3) is 0 Å². The van der Waals surface area contributed by atoms with Gasteiger partial charge in [-0.3, -0.25) is 0 Å². The number of nitrogens with two attached hydrogens (primary N) is 1. The van der Waals surface area contributed by atoms with Crippen molar-refractivity contribution in [2.45, 2.75) is 19.9 Å². The minimum absolute atomic E-state index is 0.0954. The molecule has 0 aliphatic carbocycles. The van der Waals surface area contributed by atoms with Gasteiger partial charge in [-0.2, -0.15) is 0 Å². The predicted molar refractivity (Wildman–Crippen MR) is 78.5 cm³/mol. The Morgan fingerprint density at radius 1 is 1.25 bits per heavy atom. The van der Waals surface area contributed by atoms with Crippen LogP contribution >= 0.6 is 0 Å². The first-order valence-corrected chi connectivity index (χ1v) is 6.59. The second kappa shape index (κ2) is 6.00. The number of benzene rings is 1. The third kappa shape index (κ3) is 2.51. The van der Waals surface area contributed by atoms with Gasteiger partial charge >= 0.3 is 0 Å². The zero-order valence-electron chi connectivity index (χ0n) is 12.3. The van der Waals surface area contributed by atoms with E-state index in [2.05, 4.69) is 4.98 Å². The van der Waals surface area contributed by atoms with Crippen LogP contribution in [0.1, 0.15) is 19.9 Å². The standard InChI is InChI=1S/C14H21N3O3/c1-5-20-8-9(2)17-11-7-13(19-4)12(18-3)6-10(11)16-14(17)15/h6-7,9H,5,8H2,1-4H3,(H2,15,16). The molecule has 0 radical (unpaired) electrons. The first-order chi connectivity index (χ1) is 9.62. The van der Waals surface area contributed by atoms with E-state index in [1.807, 2.05) is 30.5 Å². The van der Waals surface area contributed by atoms with Crippen molar-refractivity contribution in [3.8, 4) is 11.5 Å². The molecule has 0 aliphatic rings. The maximum Gasteiger partial charge on any atom is 0.201 e. The van der Waals surface area contributed by atoms with E-state index in [1.165, 1.54) is 0 Å². The van der Waals surface area contributed by atoms with Gasteiger partial charge in [0.15, 0.2) is 11.5 Å². The van der Waals surface area contributed by atoms with Crippen LogP contribution < -0.4 is 15.2 Å². The molecule has 2 N–H and O–H groups in total. The fourth-order valence-electron chi connectivity index (χ4n) is 2.27. The van der Waals surface area contributed by atoms with E-state index >= 15 is 0 Å². The highest BCUT2D eigenvalue weighted by molar-refractivity contribution is 5.82. The van der Waals surface area contributed by atoms with Gasteiger partial charge in [-0.25, -0.2) is 4.98 Å². The number of imidazole rings is 1. The van der Waals surface area contributed by atoms with Gasteiger partial charge in [0.1, 0.15) is 0 Å². The Morgan fingerprint density at radius 3 is 2.50 bits per heavy atom. The van der Waals surface area contributed by atoms with Crippen molar-refractivity contribution in [2.75, 3.05) is 33.2 Å². The maximum absolute atomic E-state index is 6.02. The van der Waals surface area contributed by atoms with Crippen molar-refractivity contribution < 1.29 is 14.2 Å². The Labute approximate surface area is 118 Å². The molecule has 0 bridgehead atoms. The summed E-state index contributed by atoms with van der Waals surface area (Å²) in [5.74, 6) is 1.76. The number of rotatable bonds is 6. The van der Waals surface area contributed by atoms with Crippen LogP contribution in [0.15, 0.2) is 12.1 Å². The molecule has 0 aliphatic heterocycles. The number of fused-ring (bicyclic) bond motifs is 1. The molecule has 1 heterocycles. The summed E-state index contributed by atoms with van der Waals surface area (Å²) in [4.78, 5) is 4.38. The third-order valence-corrected chi connectivity index (χ3v) is 3.23. The summed E-state index contributed by atoms with van der Waals surface area (Å²) in [6.45, 7) is 5.27. The first kappa shape index (κ1) is 14.5. The average Bonchev–Trinajstić information content (AvgIpc) is 2.77. The molecular formula is C14H21N3O3. The smallest absolute Gasteiger partial charge is 0.201 e. The molecule has 0 saturated heterocycles. The number of ether oxygens (including phenoxy) is 3. The lowest BCUT2D eigenvalue weighted by Crippen LogP contribution is -2.14. The second-order valence-corrected chi connectivity index (χ2v) is 4.54. The van der Waals surface area contributed by atoms with Crippen molar-refractivity contribution in [1.82, 2.24) is 9.55 Å². The second-order valence-electron chi connectivity index (χ2n) is 4.54. The van der Waals surface area contributed by atoms with E-state index < -0.39 is 0 Å². The van der Waals surface area contributed by atoms with E-state index in [4.69, 9.17) is 19.9 Å². The van der Waals surface area contributed by atoms with E-state index in [0.29, 0.717) is 30.7 Å². The monoisotopic (exact) mass is 279 g/mol. The lowest BCUT2D eigenvalue weighted by Gasteiger charge is -2.16. The fourth-order valence-corrected chi connectivity index (χ4v) is 2.27. The zero-order valence-corrected chi connectivity index (χ0v) is 12.3. The van der Waals surface area contributed by atoms with Crippen LogP contribution in [0.4, 0.5) is 5.95 Å². The van der Waals surface area contributed by atoms with Gasteiger partial charge in [-0.15, -0.1) is 0 Å². The van der Waals surface area contributed by atoms with Crippen LogP contribution in [0.3, 0.4) is 0 Å². The Hall–Kier alpha value is -1.95. The van der Waals surface area contributed by atoms with Gasteiger partial charge in [0.05, 0.1) is 37.9 Å². The van der Waals surface area contributed by atoms with Crippen LogP contribution in [0.2, 0.25) is 0 Å². The summed E-state index contributed by atoms with van der Waals surface area (Å²) < 4.78 is 18.0.